The molecule has 0 unspecified atom stereocenters. The highest BCUT2D eigenvalue weighted by molar-refractivity contribution is 6.01. The predicted octanol–water partition coefficient (Wildman–Crippen LogP) is 3.27. The maximum Gasteiger partial charge on any atom is 0.319 e. The SMILES string of the molecule is [N-]=[N+]=NCCNC(=O)Nc1cccc2ccccc12. The van der Waals surface area contributed by atoms with Gasteiger partial charge in [0, 0.05) is 23.4 Å². The number of carbonyl (C=O) groups is 1. The molecule has 0 aliphatic heterocycles. The van der Waals surface area contributed by atoms with Crippen LogP contribution in [0.5, 0.6) is 0 Å². The maximum atomic E-state index is 11.7. The van der Waals surface area contributed by atoms with Gasteiger partial charge >= 0.3 is 6.03 Å². The van der Waals surface area contributed by atoms with Crippen LogP contribution in [0.4, 0.5) is 10.5 Å². The summed E-state index contributed by atoms with van der Waals surface area (Å²) in [5, 5.41) is 10.8. The molecular formula is C13H13N5O. The lowest BCUT2D eigenvalue weighted by Gasteiger charge is -2.09. The summed E-state index contributed by atoms with van der Waals surface area (Å²) in [6.07, 6.45) is 0. The number of anilines is 1. The summed E-state index contributed by atoms with van der Waals surface area (Å²) >= 11 is 0. The minimum Gasteiger partial charge on any atom is -0.338 e. The number of fused-ring (bicyclic) bond motifs is 1. The molecule has 96 valence electrons. The summed E-state index contributed by atoms with van der Waals surface area (Å²) in [4.78, 5) is 14.3. The van der Waals surface area contributed by atoms with Crippen molar-refractivity contribution in [2.75, 3.05) is 18.4 Å². The van der Waals surface area contributed by atoms with Crippen molar-refractivity contribution in [1.82, 2.24) is 5.32 Å². The van der Waals surface area contributed by atoms with E-state index in [0.717, 1.165) is 16.5 Å². The van der Waals surface area contributed by atoms with E-state index in [2.05, 4.69) is 20.7 Å². The number of azide groups is 1. The molecule has 2 rings (SSSR count). The van der Waals surface area contributed by atoms with E-state index in [1.807, 2.05) is 42.5 Å². The van der Waals surface area contributed by atoms with Gasteiger partial charge in [0.05, 0.1) is 5.69 Å². The van der Waals surface area contributed by atoms with Crippen molar-refractivity contribution >= 4 is 22.5 Å². The lowest BCUT2D eigenvalue weighted by atomic mass is 10.1. The molecule has 0 saturated heterocycles. The Kier molecular flexibility index (Phi) is 4.21. The largest absolute Gasteiger partial charge is 0.338 e. The zero-order chi connectivity index (χ0) is 13.5. The van der Waals surface area contributed by atoms with Crippen LogP contribution in [0.3, 0.4) is 0 Å². The first kappa shape index (κ1) is 12.7. The number of nitrogens with zero attached hydrogens (tertiary/aromatic N) is 3. The summed E-state index contributed by atoms with van der Waals surface area (Å²) in [6, 6.07) is 13.2. The molecule has 2 N–H and O–H groups in total. The number of rotatable bonds is 4. The first-order chi connectivity index (χ1) is 9.31. The van der Waals surface area contributed by atoms with E-state index < -0.39 is 0 Å². The fourth-order valence-corrected chi connectivity index (χ4v) is 1.77. The third-order valence-corrected chi connectivity index (χ3v) is 2.60. The summed E-state index contributed by atoms with van der Waals surface area (Å²) in [6.45, 7) is 0.542. The van der Waals surface area contributed by atoms with Gasteiger partial charge in [-0.25, -0.2) is 4.79 Å². The van der Waals surface area contributed by atoms with Crippen LogP contribution < -0.4 is 10.6 Å². The molecule has 0 radical (unpaired) electrons. The number of hydrogen-bond donors (Lipinski definition) is 2. The number of amides is 2. The number of benzene rings is 2. The average Bonchev–Trinajstić information content (AvgIpc) is 2.44. The molecule has 2 amide bonds. The van der Waals surface area contributed by atoms with E-state index in [9.17, 15) is 4.79 Å². The van der Waals surface area contributed by atoms with E-state index in [-0.39, 0.29) is 12.6 Å². The normalized spacial score (nSPS) is 9.68. The molecule has 0 atom stereocenters. The van der Waals surface area contributed by atoms with Gasteiger partial charge in [0.25, 0.3) is 0 Å². The van der Waals surface area contributed by atoms with Crippen molar-refractivity contribution in [3.63, 3.8) is 0 Å². The number of nitrogens with one attached hydrogen (secondary N) is 2. The molecule has 6 heteroatoms. The summed E-state index contributed by atoms with van der Waals surface area (Å²) < 4.78 is 0. The van der Waals surface area contributed by atoms with Gasteiger partial charge in [-0.3, -0.25) is 0 Å². The fraction of sp³-hybridized carbons (Fsp3) is 0.154. The fourth-order valence-electron chi connectivity index (χ4n) is 1.77. The Labute approximate surface area is 110 Å². The summed E-state index contributed by atoms with van der Waals surface area (Å²) in [7, 11) is 0. The molecule has 0 saturated carbocycles. The van der Waals surface area contributed by atoms with Gasteiger partial charge in [-0.1, -0.05) is 41.5 Å². The monoisotopic (exact) mass is 255 g/mol. The molecule has 0 aliphatic carbocycles. The van der Waals surface area contributed by atoms with Crippen LogP contribution in [0, 0.1) is 0 Å². The minimum atomic E-state index is -0.315. The second-order valence-corrected chi connectivity index (χ2v) is 3.86. The van der Waals surface area contributed by atoms with Crippen molar-refractivity contribution in [3.8, 4) is 0 Å². The Hall–Kier alpha value is -2.72. The molecule has 0 aromatic heterocycles. The second-order valence-electron chi connectivity index (χ2n) is 3.86. The van der Waals surface area contributed by atoms with Crippen LogP contribution in [0.15, 0.2) is 47.6 Å². The molecule has 2 aromatic rings. The molecule has 0 heterocycles. The Bertz CT molecular complexity index is 628. The molecule has 0 fully saturated rings. The predicted molar refractivity (Wildman–Crippen MR) is 75.0 cm³/mol. The van der Waals surface area contributed by atoms with Crippen LogP contribution in [0.25, 0.3) is 21.2 Å². The Morgan fingerprint density at radius 1 is 1.21 bits per heavy atom. The van der Waals surface area contributed by atoms with E-state index in [1.54, 1.807) is 0 Å². The smallest absolute Gasteiger partial charge is 0.319 e. The Balaban J connectivity index is 2.04. The summed E-state index contributed by atoms with van der Waals surface area (Å²) in [5.74, 6) is 0. The van der Waals surface area contributed by atoms with Gasteiger partial charge in [-0.2, -0.15) is 0 Å². The van der Waals surface area contributed by atoms with Crippen molar-refractivity contribution in [2.24, 2.45) is 5.11 Å². The molecule has 0 spiro atoms. The van der Waals surface area contributed by atoms with Crippen LogP contribution in [0.1, 0.15) is 0 Å². The van der Waals surface area contributed by atoms with Crippen molar-refractivity contribution in [3.05, 3.63) is 52.9 Å². The van der Waals surface area contributed by atoms with Gasteiger partial charge < -0.3 is 10.6 Å². The second kappa shape index (κ2) is 6.28. The number of carbonyl (C=O) groups excluding carboxylic acids is 1. The average molecular weight is 255 g/mol. The third kappa shape index (κ3) is 3.37. The highest BCUT2D eigenvalue weighted by Crippen LogP contribution is 2.22. The van der Waals surface area contributed by atoms with Gasteiger partial charge in [-0.15, -0.1) is 0 Å². The van der Waals surface area contributed by atoms with Crippen molar-refractivity contribution in [1.29, 1.82) is 0 Å². The summed E-state index contributed by atoms with van der Waals surface area (Å²) in [5.41, 5.74) is 8.86. The lowest BCUT2D eigenvalue weighted by Crippen LogP contribution is -2.30. The standard InChI is InChI=1S/C13H13N5O/c14-18-16-9-8-15-13(19)17-12-7-3-5-10-4-1-2-6-11(10)12/h1-7H,8-9H2,(H2,15,17,19). The van der Waals surface area contributed by atoms with Crippen LogP contribution >= 0.6 is 0 Å². The van der Waals surface area contributed by atoms with Gasteiger partial charge in [0.15, 0.2) is 0 Å². The number of hydrogen-bond acceptors (Lipinski definition) is 2. The topological polar surface area (TPSA) is 89.9 Å². The highest BCUT2D eigenvalue weighted by Gasteiger charge is 2.03. The molecule has 6 nitrogen and oxygen atoms in total. The van der Waals surface area contributed by atoms with Crippen LogP contribution in [-0.2, 0) is 0 Å². The first-order valence-corrected chi connectivity index (χ1v) is 5.85. The van der Waals surface area contributed by atoms with E-state index in [1.165, 1.54) is 0 Å². The zero-order valence-corrected chi connectivity index (χ0v) is 10.2. The van der Waals surface area contributed by atoms with Gasteiger partial charge in [0.1, 0.15) is 0 Å². The Morgan fingerprint density at radius 3 is 2.84 bits per heavy atom. The zero-order valence-electron chi connectivity index (χ0n) is 10.2. The molecule has 2 aromatic carbocycles. The third-order valence-electron chi connectivity index (χ3n) is 2.60. The van der Waals surface area contributed by atoms with E-state index >= 15 is 0 Å². The Morgan fingerprint density at radius 2 is 2.00 bits per heavy atom. The minimum absolute atomic E-state index is 0.236. The highest BCUT2D eigenvalue weighted by atomic mass is 16.2. The van der Waals surface area contributed by atoms with Gasteiger partial charge in [0.2, 0.25) is 0 Å². The van der Waals surface area contributed by atoms with Crippen LogP contribution in [0.2, 0.25) is 0 Å². The quantitative estimate of drug-likeness (QED) is 0.373. The molecular weight excluding hydrogens is 242 g/mol. The molecule has 0 aliphatic rings. The van der Waals surface area contributed by atoms with E-state index in [0.29, 0.717) is 6.54 Å². The molecule has 0 bridgehead atoms. The van der Waals surface area contributed by atoms with Gasteiger partial charge in [-0.05, 0) is 17.0 Å². The van der Waals surface area contributed by atoms with E-state index in [4.69, 9.17) is 5.53 Å². The maximum absolute atomic E-state index is 11.7. The van der Waals surface area contributed by atoms with Crippen LogP contribution in [-0.4, -0.2) is 19.1 Å². The lowest BCUT2D eigenvalue weighted by molar-refractivity contribution is 0.252. The molecule has 19 heavy (non-hydrogen) atoms. The van der Waals surface area contributed by atoms with Crippen molar-refractivity contribution in [2.45, 2.75) is 0 Å². The number of urea groups is 1. The first-order valence-electron chi connectivity index (χ1n) is 5.85. The van der Waals surface area contributed by atoms with Crippen molar-refractivity contribution < 1.29 is 4.79 Å².